The van der Waals surface area contributed by atoms with E-state index in [0.717, 1.165) is 22.4 Å². The van der Waals surface area contributed by atoms with Crippen LogP contribution in [0.25, 0.3) is 11.1 Å². The minimum absolute atomic E-state index is 0.461. The van der Waals surface area contributed by atoms with E-state index in [1.165, 1.54) is 0 Å². The summed E-state index contributed by atoms with van der Waals surface area (Å²) in [6.07, 6.45) is 0. The van der Waals surface area contributed by atoms with Crippen LogP contribution in [0, 0.1) is 0 Å². The zero-order chi connectivity index (χ0) is 13.5. The summed E-state index contributed by atoms with van der Waals surface area (Å²) in [4.78, 5) is 0. The molecule has 19 heavy (non-hydrogen) atoms. The van der Waals surface area contributed by atoms with Crippen LogP contribution in [-0.4, -0.2) is 20.3 Å². The van der Waals surface area contributed by atoms with Gasteiger partial charge in [-0.3, -0.25) is 0 Å². The Morgan fingerprint density at radius 3 is 2.42 bits per heavy atom. The molecule has 0 aliphatic carbocycles. The first kappa shape index (κ1) is 13.6. The number of ether oxygens (including phenoxy) is 2. The molecule has 100 valence electrons. The van der Waals surface area contributed by atoms with Crippen molar-refractivity contribution in [3.8, 4) is 16.9 Å². The summed E-state index contributed by atoms with van der Waals surface area (Å²) in [7, 11) is 1.66. The number of rotatable bonds is 6. The minimum Gasteiger partial charge on any atom is -0.490 e. The first-order chi connectivity index (χ1) is 9.36. The molecule has 2 rings (SSSR count). The summed E-state index contributed by atoms with van der Waals surface area (Å²) >= 11 is 0. The lowest BCUT2D eigenvalue weighted by atomic mass is 10.0. The van der Waals surface area contributed by atoms with Gasteiger partial charge in [0, 0.05) is 24.8 Å². The van der Waals surface area contributed by atoms with Crippen molar-refractivity contribution in [2.75, 3.05) is 20.3 Å². The molecule has 0 heterocycles. The molecule has 2 N–H and O–H groups in total. The summed E-state index contributed by atoms with van der Waals surface area (Å²) in [6.45, 7) is 1.55. The molecule has 0 aliphatic heterocycles. The Morgan fingerprint density at radius 1 is 0.947 bits per heavy atom. The molecule has 0 spiro atoms. The highest BCUT2D eigenvalue weighted by atomic mass is 16.5. The fourth-order valence-corrected chi connectivity index (χ4v) is 1.99. The van der Waals surface area contributed by atoms with Gasteiger partial charge in [0.2, 0.25) is 0 Å². The summed E-state index contributed by atoms with van der Waals surface area (Å²) < 4.78 is 10.9. The summed E-state index contributed by atoms with van der Waals surface area (Å²) in [6, 6.07) is 16.2. The highest BCUT2D eigenvalue weighted by molar-refractivity contribution is 5.72. The van der Waals surface area contributed by atoms with E-state index in [4.69, 9.17) is 15.2 Å². The summed E-state index contributed by atoms with van der Waals surface area (Å²) in [5.74, 6) is 0.855. The predicted molar refractivity (Wildman–Crippen MR) is 77.1 cm³/mol. The second-order valence-electron chi connectivity index (χ2n) is 4.21. The summed E-state index contributed by atoms with van der Waals surface area (Å²) in [5, 5.41) is 0. The Hall–Kier alpha value is -1.84. The van der Waals surface area contributed by atoms with Crippen molar-refractivity contribution in [2.45, 2.75) is 6.54 Å². The molecule has 0 amide bonds. The molecular weight excluding hydrogens is 238 g/mol. The van der Waals surface area contributed by atoms with Crippen LogP contribution < -0.4 is 10.5 Å². The first-order valence-electron chi connectivity index (χ1n) is 6.36. The Kier molecular flexibility index (Phi) is 4.95. The van der Waals surface area contributed by atoms with Crippen LogP contribution in [0.1, 0.15) is 5.56 Å². The topological polar surface area (TPSA) is 44.5 Å². The molecule has 2 aromatic rings. The maximum atomic E-state index is 5.85. The highest BCUT2D eigenvalue weighted by Gasteiger charge is 2.10. The van der Waals surface area contributed by atoms with Crippen LogP contribution in [-0.2, 0) is 11.3 Å². The Balaban J connectivity index is 2.36. The molecule has 0 saturated carbocycles. The van der Waals surface area contributed by atoms with E-state index < -0.39 is 0 Å². The minimum atomic E-state index is 0.461. The van der Waals surface area contributed by atoms with E-state index in [0.29, 0.717) is 19.8 Å². The standard InChI is InChI=1S/C16H19NO2/c1-18-10-11-19-16-14(12-17)8-5-9-15(16)13-6-3-2-4-7-13/h2-9H,10-12,17H2,1H3. The Labute approximate surface area is 114 Å². The third kappa shape index (κ3) is 3.34. The van der Waals surface area contributed by atoms with E-state index >= 15 is 0 Å². The van der Waals surface area contributed by atoms with Crippen LogP contribution in [0.15, 0.2) is 48.5 Å². The average molecular weight is 257 g/mol. The van der Waals surface area contributed by atoms with E-state index in [1.807, 2.05) is 30.3 Å². The lowest BCUT2D eigenvalue weighted by molar-refractivity contribution is 0.146. The zero-order valence-corrected chi connectivity index (χ0v) is 11.1. The SMILES string of the molecule is COCCOc1c(CN)cccc1-c1ccccc1. The Bertz CT molecular complexity index is 511. The van der Waals surface area contributed by atoms with Gasteiger partial charge in [0.25, 0.3) is 0 Å². The van der Waals surface area contributed by atoms with E-state index in [2.05, 4.69) is 18.2 Å². The second kappa shape index (κ2) is 6.92. The fourth-order valence-electron chi connectivity index (χ4n) is 1.99. The van der Waals surface area contributed by atoms with Gasteiger partial charge in [0.15, 0.2) is 0 Å². The fraction of sp³-hybridized carbons (Fsp3) is 0.250. The number of hydrogen-bond donors (Lipinski definition) is 1. The largest absolute Gasteiger partial charge is 0.490 e. The van der Waals surface area contributed by atoms with Gasteiger partial charge in [-0.25, -0.2) is 0 Å². The molecule has 3 heteroatoms. The van der Waals surface area contributed by atoms with Crippen molar-refractivity contribution in [2.24, 2.45) is 5.73 Å². The second-order valence-corrected chi connectivity index (χ2v) is 4.21. The number of para-hydroxylation sites is 1. The zero-order valence-electron chi connectivity index (χ0n) is 11.1. The number of hydrogen-bond acceptors (Lipinski definition) is 3. The summed E-state index contributed by atoms with van der Waals surface area (Å²) in [5.41, 5.74) is 9.00. The van der Waals surface area contributed by atoms with Crippen LogP contribution in [0.5, 0.6) is 5.75 Å². The van der Waals surface area contributed by atoms with E-state index in [9.17, 15) is 0 Å². The van der Waals surface area contributed by atoms with Crippen molar-refractivity contribution >= 4 is 0 Å². The van der Waals surface area contributed by atoms with Crippen molar-refractivity contribution in [1.82, 2.24) is 0 Å². The average Bonchev–Trinajstić information content (AvgIpc) is 2.48. The van der Waals surface area contributed by atoms with Gasteiger partial charge in [-0.1, -0.05) is 48.5 Å². The molecule has 0 radical (unpaired) electrons. The third-order valence-electron chi connectivity index (χ3n) is 2.94. The van der Waals surface area contributed by atoms with Gasteiger partial charge in [-0.15, -0.1) is 0 Å². The van der Waals surface area contributed by atoms with Crippen LogP contribution in [0.4, 0.5) is 0 Å². The molecule has 0 bridgehead atoms. The van der Waals surface area contributed by atoms with Crippen molar-refractivity contribution < 1.29 is 9.47 Å². The van der Waals surface area contributed by atoms with Crippen LogP contribution in [0.3, 0.4) is 0 Å². The van der Waals surface area contributed by atoms with Crippen LogP contribution >= 0.6 is 0 Å². The Morgan fingerprint density at radius 2 is 1.74 bits per heavy atom. The normalized spacial score (nSPS) is 10.4. The smallest absolute Gasteiger partial charge is 0.131 e. The molecular formula is C16H19NO2. The number of nitrogens with two attached hydrogens (primary N) is 1. The maximum absolute atomic E-state index is 5.85. The third-order valence-corrected chi connectivity index (χ3v) is 2.94. The van der Waals surface area contributed by atoms with Gasteiger partial charge in [0.1, 0.15) is 12.4 Å². The van der Waals surface area contributed by atoms with Gasteiger partial charge in [-0.2, -0.15) is 0 Å². The molecule has 0 fully saturated rings. The van der Waals surface area contributed by atoms with Gasteiger partial charge in [-0.05, 0) is 5.56 Å². The number of methoxy groups -OCH3 is 1. The van der Waals surface area contributed by atoms with Gasteiger partial charge < -0.3 is 15.2 Å². The van der Waals surface area contributed by atoms with Gasteiger partial charge in [0.05, 0.1) is 6.61 Å². The molecule has 0 unspecified atom stereocenters. The highest BCUT2D eigenvalue weighted by Crippen LogP contribution is 2.33. The predicted octanol–water partition coefficient (Wildman–Crippen LogP) is 2.84. The van der Waals surface area contributed by atoms with Crippen LogP contribution in [0.2, 0.25) is 0 Å². The van der Waals surface area contributed by atoms with E-state index in [-0.39, 0.29) is 0 Å². The van der Waals surface area contributed by atoms with E-state index in [1.54, 1.807) is 7.11 Å². The number of benzene rings is 2. The molecule has 3 nitrogen and oxygen atoms in total. The molecule has 0 aliphatic rings. The quantitative estimate of drug-likeness (QED) is 0.809. The molecule has 2 aromatic carbocycles. The first-order valence-corrected chi connectivity index (χ1v) is 6.36. The maximum Gasteiger partial charge on any atom is 0.131 e. The lowest BCUT2D eigenvalue weighted by Gasteiger charge is -2.15. The van der Waals surface area contributed by atoms with Crippen molar-refractivity contribution in [3.63, 3.8) is 0 Å². The molecule has 0 atom stereocenters. The molecule has 0 aromatic heterocycles. The van der Waals surface area contributed by atoms with Gasteiger partial charge >= 0.3 is 0 Å². The monoisotopic (exact) mass is 257 g/mol. The van der Waals surface area contributed by atoms with Crippen molar-refractivity contribution in [3.05, 3.63) is 54.1 Å². The molecule has 0 saturated heterocycles. The van der Waals surface area contributed by atoms with Crippen molar-refractivity contribution in [1.29, 1.82) is 0 Å². The lowest BCUT2D eigenvalue weighted by Crippen LogP contribution is -2.08.